The molecule has 35 heavy (non-hydrogen) atoms. The number of furan rings is 1. The number of imidazole rings is 1. The summed E-state index contributed by atoms with van der Waals surface area (Å²) < 4.78 is 47.7. The van der Waals surface area contributed by atoms with Crippen molar-refractivity contribution in [2.45, 2.75) is 26.2 Å². The lowest BCUT2D eigenvalue weighted by Gasteiger charge is -2.11. The molecule has 1 amide bonds. The molecule has 0 fully saturated rings. The lowest BCUT2D eigenvalue weighted by molar-refractivity contribution is -0.137. The molecule has 0 spiro atoms. The molecule has 8 nitrogen and oxygen atoms in total. The number of rotatable bonds is 5. The first-order chi connectivity index (χ1) is 16.7. The SMILES string of the molecule is Cc1cccc2c(=O)n(CC(=O)Nc3nc4cc(C(F)(F)F)ccc4n3Cc3ccco3)cnc12. The number of aryl methyl sites for hydroxylation is 1. The molecule has 0 aliphatic heterocycles. The van der Waals surface area contributed by atoms with Crippen LogP contribution in [0.2, 0.25) is 0 Å². The van der Waals surface area contributed by atoms with Gasteiger partial charge in [0, 0.05) is 0 Å². The van der Waals surface area contributed by atoms with Crippen LogP contribution in [0.1, 0.15) is 16.9 Å². The Morgan fingerprint density at radius 2 is 1.97 bits per heavy atom. The van der Waals surface area contributed by atoms with Crippen LogP contribution in [0.3, 0.4) is 0 Å². The third-order valence-corrected chi connectivity index (χ3v) is 5.59. The number of anilines is 1. The summed E-state index contributed by atoms with van der Waals surface area (Å²) in [6, 6.07) is 11.7. The Kier molecular flexibility index (Phi) is 5.39. The number of aromatic nitrogens is 4. The average molecular weight is 481 g/mol. The first kappa shape index (κ1) is 22.4. The molecule has 3 heterocycles. The molecule has 5 aromatic rings. The van der Waals surface area contributed by atoms with E-state index >= 15 is 0 Å². The van der Waals surface area contributed by atoms with Gasteiger partial charge in [-0.2, -0.15) is 13.2 Å². The van der Waals surface area contributed by atoms with Gasteiger partial charge in [0.25, 0.3) is 5.56 Å². The zero-order valence-electron chi connectivity index (χ0n) is 18.3. The van der Waals surface area contributed by atoms with Gasteiger partial charge in [0.1, 0.15) is 12.3 Å². The minimum absolute atomic E-state index is 0.0263. The Morgan fingerprint density at radius 1 is 1.14 bits per heavy atom. The summed E-state index contributed by atoms with van der Waals surface area (Å²) in [5.74, 6) is -0.0451. The van der Waals surface area contributed by atoms with Gasteiger partial charge in [0.2, 0.25) is 11.9 Å². The van der Waals surface area contributed by atoms with E-state index in [9.17, 15) is 22.8 Å². The number of fused-ring (bicyclic) bond motifs is 2. The maximum Gasteiger partial charge on any atom is 0.416 e. The average Bonchev–Trinajstić information content (AvgIpc) is 3.43. The number of nitrogens with one attached hydrogen (secondary N) is 1. The molecule has 0 radical (unpaired) electrons. The Balaban J connectivity index is 1.49. The summed E-state index contributed by atoms with van der Waals surface area (Å²) in [5.41, 5.74) is 0.588. The number of carbonyl (C=O) groups is 1. The number of para-hydroxylation sites is 1. The van der Waals surface area contributed by atoms with Crippen molar-refractivity contribution >= 4 is 33.8 Å². The summed E-state index contributed by atoms with van der Waals surface area (Å²) >= 11 is 0. The molecule has 2 aromatic carbocycles. The quantitative estimate of drug-likeness (QED) is 0.403. The van der Waals surface area contributed by atoms with E-state index in [-0.39, 0.29) is 30.1 Å². The third-order valence-electron chi connectivity index (χ3n) is 5.59. The molecular formula is C24H18F3N5O3. The molecule has 0 saturated heterocycles. The third kappa shape index (κ3) is 4.27. The predicted molar refractivity (Wildman–Crippen MR) is 122 cm³/mol. The Morgan fingerprint density at radius 3 is 2.71 bits per heavy atom. The highest BCUT2D eigenvalue weighted by molar-refractivity contribution is 5.92. The summed E-state index contributed by atoms with van der Waals surface area (Å²) in [7, 11) is 0. The van der Waals surface area contributed by atoms with Gasteiger partial charge in [-0.05, 0) is 48.9 Å². The van der Waals surface area contributed by atoms with Crippen molar-refractivity contribution in [3.63, 3.8) is 0 Å². The van der Waals surface area contributed by atoms with Gasteiger partial charge in [-0.15, -0.1) is 0 Å². The molecular weight excluding hydrogens is 463 g/mol. The summed E-state index contributed by atoms with van der Waals surface area (Å²) in [6.45, 7) is 1.61. The first-order valence-corrected chi connectivity index (χ1v) is 10.6. The number of benzene rings is 2. The van der Waals surface area contributed by atoms with Crippen molar-refractivity contribution in [2.24, 2.45) is 0 Å². The Hall–Kier alpha value is -4.41. The fraction of sp³-hybridized carbons (Fsp3) is 0.167. The summed E-state index contributed by atoms with van der Waals surface area (Å²) in [4.78, 5) is 34.2. The maximum absolute atomic E-state index is 13.2. The highest BCUT2D eigenvalue weighted by Crippen LogP contribution is 2.32. The number of nitrogens with zero attached hydrogens (tertiary/aromatic N) is 4. The number of carbonyl (C=O) groups excluding carboxylic acids is 1. The lowest BCUT2D eigenvalue weighted by Crippen LogP contribution is -2.28. The van der Waals surface area contributed by atoms with Crippen LogP contribution < -0.4 is 10.9 Å². The van der Waals surface area contributed by atoms with Crippen LogP contribution in [0.5, 0.6) is 0 Å². The zero-order valence-corrected chi connectivity index (χ0v) is 18.3. The lowest BCUT2D eigenvalue weighted by atomic mass is 10.1. The predicted octanol–water partition coefficient (Wildman–Crippen LogP) is 4.35. The van der Waals surface area contributed by atoms with E-state index in [2.05, 4.69) is 15.3 Å². The molecule has 178 valence electrons. The van der Waals surface area contributed by atoms with Crippen LogP contribution >= 0.6 is 0 Å². The van der Waals surface area contributed by atoms with Gasteiger partial charge in [0.05, 0.1) is 46.6 Å². The minimum Gasteiger partial charge on any atom is -0.467 e. The summed E-state index contributed by atoms with van der Waals surface area (Å²) in [6.07, 6.45) is -1.78. The van der Waals surface area contributed by atoms with E-state index in [0.29, 0.717) is 22.2 Å². The molecule has 0 aliphatic rings. The number of hydrogen-bond acceptors (Lipinski definition) is 5. The fourth-order valence-electron chi connectivity index (χ4n) is 3.89. The van der Waals surface area contributed by atoms with Gasteiger partial charge in [-0.1, -0.05) is 12.1 Å². The van der Waals surface area contributed by atoms with Gasteiger partial charge in [0.15, 0.2) is 0 Å². The molecule has 0 bridgehead atoms. The fourth-order valence-corrected chi connectivity index (χ4v) is 3.89. The molecule has 0 saturated carbocycles. The molecule has 5 rings (SSSR count). The van der Waals surface area contributed by atoms with E-state index in [1.165, 1.54) is 27.8 Å². The van der Waals surface area contributed by atoms with Crippen molar-refractivity contribution in [2.75, 3.05) is 5.32 Å². The normalized spacial score (nSPS) is 11.9. The number of alkyl halides is 3. The van der Waals surface area contributed by atoms with E-state index in [1.807, 2.05) is 13.0 Å². The van der Waals surface area contributed by atoms with Crippen LogP contribution in [0.15, 0.2) is 70.3 Å². The minimum atomic E-state index is -4.54. The number of hydrogen-bond donors (Lipinski definition) is 1. The van der Waals surface area contributed by atoms with Crippen LogP contribution in [0, 0.1) is 6.92 Å². The highest BCUT2D eigenvalue weighted by Gasteiger charge is 2.31. The van der Waals surface area contributed by atoms with E-state index in [0.717, 1.165) is 17.7 Å². The van der Waals surface area contributed by atoms with E-state index < -0.39 is 17.6 Å². The van der Waals surface area contributed by atoms with E-state index in [4.69, 9.17) is 4.42 Å². The Labute approximate surface area is 195 Å². The standard InChI is InChI=1S/C24H18F3N5O3/c1-14-4-2-6-17-21(14)28-13-31(22(17)34)12-20(33)30-23-29-18-10-15(24(25,26)27)7-8-19(18)32(23)11-16-5-3-9-35-16/h2-10,13H,11-12H2,1H3,(H,29,30,33). The molecule has 0 atom stereocenters. The monoisotopic (exact) mass is 481 g/mol. The van der Waals surface area contributed by atoms with Gasteiger partial charge in [-0.25, -0.2) is 9.97 Å². The van der Waals surface area contributed by atoms with Gasteiger partial charge < -0.3 is 8.98 Å². The second kappa shape index (κ2) is 8.42. The molecule has 0 unspecified atom stereocenters. The maximum atomic E-state index is 13.2. The molecule has 0 aliphatic carbocycles. The van der Waals surface area contributed by atoms with Crippen LogP contribution in [-0.4, -0.2) is 25.0 Å². The smallest absolute Gasteiger partial charge is 0.416 e. The van der Waals surface area contributed by atoms with Crippen molar-refractivity contribution in [1.29, 1.82) is 0 Å². The second-order valence-corrected chi connectivity index (χ2v) is 8.00. The van der Waals surface area contributed by atoms with Crippen molar-refractivity contribution < 1.29 is 22.4 Å². The van der Waals surface area contributed by atoms with Crippen LogP contribution in [-0.2, 0) is 24.1 Å². The Bertz CT molecular complexity index is 1620. The molecule has 1 N–H and O–H groups in total. The van der Waals surface area contributed by atoms with Crippen molar-refractivity contribution in [3.8, 4) is 0 Å². The molecule has 3 aromatic heterocycles. The van der Waals surface area contributed by atoms with E-state index in [1.54, 1.807) is 24.3 Å². The highest BCUT2D eigenvalue weighted by atomic mass is 19.4. The van der Waals surface area contributed by atoms with Gasteiger partial charge >= 0.3 is 6.18 Å². The van der Waals surface area contributed by atoms with Crippen LogP contribution in [0.4, 0.5) is 19.1 Å². The topological polar surface area (TPSA) is 95.0 Å². The number of halogens is 3. The first-order valence-electron chi connectivity index (χ1n) is 10.6. The van der Waals surface area contributed by atoms with Crippen molar-refractivity contribution in [1.82, 2.24) is 19.1 Å². The summed E-state index contributed by atoms with van der Waals surface area (Å²) in [5, 5.41) is 2.99. The molecule has 11 heteroatoms. The van der Waals surface area contributed by atoms with Crippen LogP contribution in [0.25, 0.3) is 21.9 Å². The van der Waals surface area contributed by atoms with Gasteiger partial charge in [-0.3, -0.25) is 19.5 Å². The number of amides is 1. The second-order valence-electron chi connectivity index (χ2n) is 8.00. The van der Waals surface area contributed by atoms with Crippen molar-refractivity contribution in [3.05, 3.63) is 88.4 Å². The largest absolute Gasteiger partial charge is 0.467 e. The zero-order chi connectivity index (χ0) is 24.7.